The van der Waals surface area contributed by atoms with E-state index in [1.165, 1.54) is 12.8 Å². The molecule has 5 nitrogen and oxygen atoms in total. The van der Waals surface area contributed by atoms with E-state index in [-0.39, 0.29) is 11.7 Å². The summed E-state index contributed by atoms with van der Waals surface area (Å²) in [4.78, 5) is 14.3. The van der Waals surface area contributed by atoms with E-state index in [1.807, 2.05) is 4.90 Å². The Hall–Kier alpha value is -2.04. The van der Waals surface area contributed by atoms with Crippen molar-refractivity contribution in [3.63, 3.8) is 0 Å². The van der Waals surface area contributed by atoms with Gasteiger partial charge in [0.15, 0.2) is 5.84 Å². The van der Waals surface area contributed by atoms with Crippen LogP contribution in [0.1, 0.15) is 42.1 Å². The van der Waals surface area contributed by atoms with Crippen LogP contribution in [0.2, 0.25) is 0 Å². The predicted molar refractivity (Wildman–Crippen MR) is 77.9 cm³/mol. The number of amides is 1. The van der Waals surface area contributed by atoms with E-state index in [9.17, 15) is 4.79 Å². The molecule has 1 atom stereocenters. The van der Waals surface area contributed by atoms with Gasteiger partial charge in [-0.05, 0) is 30.9 Å². The first kappa shape index (κ1) is 14.4. The van der Waals surface area contributed by atoms with Crippen LogP contribution in [0.4, 0.5) is 0 Å². The standard InChI is InChI=1S/C15H21N3O2/c1-2-3-11-8-9-18(10-11)15(19)13-6-4-12(5-7-13)14(16)17-20/h4-7,11,20H,2-3,8-10H2,1H3,(H2,16,17). The molecule has 1 saturated heterocycles. The molecule has 0 bridgehead atoms. The molecule has 0 saturated carbocycles. The highest BCUT2D eigenvalue weighted by atomic mass is 16.4. The maximum atomic E-state index is 12.4. The van der Waals surface area contributed by atoms with E-state index in [4.69, 9.17) is 10.9 Å². The van der Waals surface area contributed by atoms with Gasteiger partial charge in [0.05, 0.1) is 0 Å². The number of amidine groups is 1. The zero-order valence-electron chi connectivity index (χ0n) is 11.7. The number of likely N-dealkylation sites (tertiary alicyclic amines) is 1. The number of hydrogen-bond donors (Lipinski definition) is 2. The van der Waals surface area contributed by atoms with Gasteiger partial charge in [-0.1, -0.05) is 30.6 Å². The molecule has 1 aromatic carbocycles. The van der Waals surface area contributed by atoms with Gasteiger partial charge in [-0.3, -0.25) is 4.79 Å². The minimum Gasteiger partial charge on any atom is -0.409 e. The zero-order chi connectivity index (χ0) is 14.5. The smallest absolute Gasteiger partial charge is 0.253 e. The highest BCUT2D eigenvalue weighted by Gasteiger charge is 2.26. The van der Waals surface area contributed by atoms with Crippen molar-refractivity contribution in [2.75, 3.05) is 13.1 Å². The van der Waals surface area contributed by atoms with Gasteiger partial charge in [-0.15, -0.1) is 0 Å². The fraction of sp³-hybridized carbons (Fsp3) is 0.467. The molecule has 1 fully saturated rings. The maximum Gasteiger partial charge on any atom is 0.253 e. The fourth-order valence-electron chi connectivity index (χ4n) is 2.68. The summed E-state index contributed by atoms with van der Waals surface area (Å²) in [5.74, 6) is 0.753. The van der Waals surface area contributed by atoms with Crippen LogP contribution < -0.4 is 5.73 Å². The Morgan fingerprint density at radius 2 is 2.05 bits per heavy atom. The summed E-state index contributed by atoms with van der Waals surface area (Å²) in [7, 11) is 0. The third-order valence-electron chi connectivity index (χ3n) is 3.81. The first-order valence-corrected chi connectivity index (χ1v) is 7.03. The van der Waals surface area contributed by atoms with Crippen molar-refractivity contribution in [3.8, 4) is 0 Å². The average molecular weight is 275 g/mol. The molecule has 1 aliphatic rings. The number of carbonyl (C=O) groups excluding carboxylic acids is 1. The van der Waals surface area contributed by atoms with E-state index < -0.39 is 0 Å². The summed E-state index contributed by atoms with van der Waals surface area (Å²) in [5, 5.41) is 11.5. The lowest BCUT2D eigenvalue weighted by Crippen LogP contribution is -2.28. The molecule has 0 radical (unpaired) electrons. The molecular formula is C15H21N3O2. The summed E-state index contributed by atoms with van der Waals surface area (Å²) in [6.45, 7) is 3.87. The van der Waals surface area contributed by atoms with E-state index in [0.717, 1.165) is 19.5 Å². The molecule has 3 N–H and O–H groups in total. The molecular weight excluding hydrogens is 254 g/mol. The van der Waals surface area contributed by atoms with Crippen molar-refractivity contribution in [2.45, 2.75) is 26.2 Å². The van der Waals surface area contributed by atoms with Crippen molar-refractivity contribution in [2.24, 2.45) is 16.8 Å². The van der Waals surface area contributed by atoms with Crippen LogP contribution >= 0.6 is 0 Å². The zero-order valence-corrected chi connectivity index (χ0v) is 11.7. The average Bonchev–Trinajstić information content (AvgIpc) is 2.95. The van der Waals surface area contributed by atoms with Crippen LogP contribution in [0, 0.1) is 5.92 Å². The summed E-state index contributed by atoms with van der Waals surface area (Å²) < 4.78 is 0. The molecule has 0 spiro atoms. The van der Waals surface area contributed by atoms with Gasteiger partial charge in [0.25, 0.3) is 5.91 Å². The van der Waals surface area contributed by atoms with E-state index in [0.29, 0.717) is 17.0 Å². The van der Waals surface area contributed by atoms with Crippen LogP contribution in [0.5, 0.6) is 0 Å². The van der Waals surface area contributed by atoms with Crippen molar-refractivity contribution in [1.82, 2.24) is 4.90 Å². The summed E-state index contributed by atoms with van der Waals surface area (Å²) in [5.41, 5.74) is 6.75. The van der Waals surface area contributed by atoms with Gasteiger partial charge in [0, 0.05) is 24.2 Å². The number of nitrogens with zero attached hydrogens (tertiary/aromatic N) is 2. The summed E-state index contributed by atoms with van der Waals surface area (Å²) in [6, 6.07) is 6.84. The number of oxime groups is 1. The Kier molecular flexibility index (Phi) is 4.61. The van der Waals surface area contributed by atoms with Crippen LogP contribution in [0.15, 0.2) is 29.4 Å². The quantitative estimate of drug-likeness (QED) is 0.382. The van der Waals surface area contributed by atoms with Gasteiger partial charge in [0.2, 0.25) is 0 Å². The molecule has 0 aromatic heterocycles. The van der Waals surface area contributed by atoms with Crippen molar-refractivity contribution in [1.29, 1.82) is 0 Å². The van der Waals surface area contributed by atoms with Crippen LogP contribution in [0.25, 0.3) is 0 Å². The second-order valence-electron chi connectivity index (χ2n) is 5.26. The maximum absolute atomic E-state index is 12.4. The second-order valence-corrected chi connectivity index (χ2v) is 5.26. The Bertz CT molecular complexity index is 496. The molecule has 5 heteroatoms. The van der Waals surface area contributed by atoms with E-state index in [1.54, 1.807) is 24.3 Å². The highest BCUT2D eigenvalue weighted by Crippen LogP contribution is 2.22. The topological polar surface area (TPSA) is 78.9 Å². The second kappa shape index (κ2) is 6.41. The minimum atomic E-state index is 0.0492. The van der Waals surface area contributed by atoms with Gasteiger partial charge in [-0.2, -0.15) is 0 Å². The van der Waals surface area contributed by atoms with E-state index in [2.05, 4.69) is 12.1 Å². The number of carbonyl (C=O) groups is 1. The SMILES string of the molecule is CCCC1CCN(C(=O)c2ccc(/C(N)=N/O)cc2)C1. The minimum absolute atomic E-state index is 0.0492. The Morgan fingerprint density at radius 3 is 2.65 bits per heavy atom. The van der Waals surface area contributed by atoms with Gasteiger partial charge in [0.1, 0.15) is 0 Å². The Morgan fingerprint density at radius 1 is 1.40 bits per heavy atom. The molecule has 0 aliphatic carbocycles. The third kappa shape index (κ3) is 3.10. The number of nitrogens with two attached hydrogens (primary N) is 1. The number of rotatable bonds is 4. The Labute approximate surface area is 119 Å². The molecule has 1 heterocycles. The van der Waals surface area contributed by atoms with Crippen molar-refractivity contribution in [3.05, 3.63) is 35.4 Å². The molecule has 2 rings (SSSR count). The first-order valence-electron chi connectivity index (χ1n) is 7.03. The first-order chi connectivity index (χ1) is 9.65. The monoisotopic (exact) mass is 275 g/mol. The Balaban J connectivity index is 2.03. The number of hydrogen-bond acceptors (Lipinski definition) is 3. The van der Waals surface area contributed by atoms with Crippen molar-refractivity contribution >= 4 is 11.7 Å². The van der Waals surface area contributed by atoms with Gasteiger partial charge < -0.3 is 15.8 Å². The molecule has 108 valence electrons. The lowest BCUT2D eigenvalue weighted by molar-refractivity contribution is 0.0786. The third-order valence-corrected chi connectivity index (χ3v) is 3.81. The lowest BCUT2D eigenvalue weighted by Gasteiger charge is -2.16. The van der Waals surface area contributed by atoms with Crippen molar-refractivity contribution < 1.29 is 10.0 Å². The molecule has 1 unspecified atom stereocenters. The molecule has 20 heavy (non-hydrogen) atoms. The van der Waals surface area contributed by atoms with E-state index >= 15 is 0 Å². The lowest BCUT2D eigenvalue weighted by atomic mass is 10.0. The van der Waals surface area contributed by atoms with Crippen LogP contribution in [0.3, 0.4) is 0 Å². The van der Waals surface area contributed by atoms with Gasteiger partial charge in [-0.25, -0.2) is 0 Å². The van der Waals surface area contributed by atoms with Gasteiger partial charge >= 0.3 is 0 Å². The molecule has 1 amide bonds. The predicted octanol–water partition coefficient (Wildman–Crippen LogP) is 2.04. The normalized spacial score (nSPS) is 19.4. The fourth-order valence-corrected chi connectivity index (χ4v) is 2.68. The van der Waals surface area contributed by atoms with Crippen LogP contribution in [-0.4, -0.2) is 34.9 Å². The summed E-state index contributed by atoms with van der Waals surface area (Å²) >= 11 is 0. The summed E-state index contributed by atoms with van der Waals surface area (Å²) in [6.07, 6.45) is 3.45. The van der Waals surface area contributed by atoms with Crippen LogP contribution in [-0.2, 0) is 0 Å². The largest absolute Gasteiger partial charge is 0.409 e. The molecule has 1 aliphatic heterocycles. The number of benzene rings is 1. The molecule has 1 aromatic rings. The highest BCUT2D eigenvalue weighted by molar-refractivity contribution is 5.99.